The molecule has 0 aliphatic carbocycles. The number of nitrogens with two attached hydrogens (primary N) is 1. The zero-order valence-electron chi connectivity index (χ0n) is 11.3. The van der Waals surface area contributed by atoms with Gasteiger partial charge in [0.15, 0.2) is 0 Å². The van der Waals surface area contributed by atoms with Crippen LogP contribution in [-0.2, 0) is 10.0 Å². The van der Waals surface area contributed by atoms with Gasteiger partial charge in [0.05, 0.1) is 27.8 Å². The van der Waals surface area contributed by atoms with Crippen molar-refractivity contribution in [3.63, 3.8) is 0 Å². The van der Waals surface area contributed by atoms with Gasteiger partial charge in [-0.2, -0.15) is 5.10 Å². The van der Waals surface area contributed by atoms with Crippen molar-refractivity contribution in [1.82, 2.24) is 10.2 Å². The van der Waals surface area contributed by atoms with E-state index in [0.29, 0.717) is 27.8 Å². The summed E-state index contributed by atoms with van der Waals surface area (Å²) < 4.78 is 26.4. The van der Waals surface area contributed by atoms with E-state index in [1.54, 1.807) is 26.0 Å². The molecule has 6 nitrogen and oxygen atoms in total. The Morgan fingerprint density at radius 1 is 1.35 bits per heavy atom. The Bertz CT molecular complexity index is 735. The number of halogens is 1. The molecule has 1 aromatic carbocycles. The van der Waals surface area contributed by atoms with Crippen molar-refractivity contribution in [2.45, 2.75) is 18.7 Å². The van der Waals surface area contributed by atoms with Crippen molar-refractivity contribution < 1.29 is 8.42 Å². The van der Waals surface area contributed by atoms with E-state index in [2.05, 4.69) is 10.2 Å². The van der Waals surface area contributed by atoms with E-state index in [4.69, 9.17) is 17.3 Å². The molecule has 2 aromatic rings. The van der Waals surface area contributed by atoms with Crippen LogP contribution in [0.5, 0.6) is 0 Å². The molecule has 0 saturated carbocycles. The summed E-state index contributed by atoms with van der Waals surface area (Å²) in [4.78, 5) is 0.175. The Hall–Kier alpha value is -1.73. The number of benzene rings is 1. The Morgan fingerprint density at radius 2 is 2.00 bits per heavy atom. The number of rotatable bonds is 3. The molecule has 108 valence electrons. The van der Waals surface area contributed by atoms with E-state index in [9.17, 15) is 8.42 Å². The maximum absolute atomic E-state index is 12.6. The maximum Gasteiger partial charge on any atom is 0.267 e. The van der Waals surface area contributed by atoms with Crippen LogP contribution in [0.15, 0.2) is 23.1 Å². The summed E-state index contributed by atoms with van der Waals surface area (Å²) in [6.45, 7) is 3.30. The van der Waals surface area contributed by atoms with Crippen LogP contribution in [0.2, 0.25) is 5.02 Å². The largest absolute Gasteiger partial charge is 0.397 e. The van der Waals surface area contributed by atoms with E-state index in [0.717, 1.165) is 4.31 Å². The van der Waals surface area contributed by atoms with Gasteiger partial charge < -0.3 is 5.73 Å². The summed E-state index contributed by atoms with van der Waals surface area (Å²) in [5.74, 6) is 0. The van der Waals surface area contributed by atoms with Crippen LogP contribution in [0.1, 0.15) is 11.4 Å². The minimum Gasteiger partial charge on any atom is -0.397 e. The smallest absolute Gasteiger partial charge is 0.267 e. The van der Waals surface area contributed by atoms with Gasteiger partial charge in [0, 0.05) is 7.05 Å². The standard InChI is InChI=1S/C12H15ClN4O2S/c1-7-12(8(2)16-15-7)20(18,19)17(3)9-4-5-10(13)11(14)6-9/h4-6H,14H2,1-3H3,(H,15,16). The lowest BCUT2D eigenvalue weighted by atomic mass is 10.3. The molecule has 1 heterocycles. The second-order valence-corrected chi connectivity index (χ2v) is 6.75. The van der Waals surface area contributed by atoms with E-state index >= 15 is 0 Å². The van der Waals surface area contributed by atoms with Crippen LogP contribution in [-0.4, -0.2) is 25.7 Å². The van der Waals surface area contributed by atoms with Gasteiger partial charge in [0.1, 0.15) is 4.90 Å². The predicted molar refractivity (Wildman–Crippen MR) is 79.5 cm³/mol. The summed E-state index contributed by atoms with van der Waals surface area (Å²) >= 11 is 5.84. The van der Waals surface area contributed by atoms with E-state index in [-0.39, 0.29) is 4.90 Å². The minimum atomic E-state index is -3.70. The Labute approximate surface area is 122 Å². The normalized spacial score (nSPS) is 11.6. The van der Waals surface area contributed by atoms with E-state index < -0.39 is 10.0 Å². The molecule has 0 aliphatic rings. The molecule has 0 spiro atoms. The summed E-state index contributed by atoms with van der Waals surface area (Å²) in [6, 6.07) is 4.68. The molecule has 0 unspecified atom stereocenters. The monoisotopic (exact) mass is 314 g/mol. The number of aromatic amines is 1. The number of hydrogen-bond donors (Lipinski definition) is 2. The van der Waals surface area contributed by atoms with Crippen molar-refractivity contribution in [2.24, 2.45) is 0 Å². The van der Waals surface area contributed by atoms with Crippen molar-refractivity contribution in [2.75, 3.05) is 17.1 Å². The van der Waals surface area contributed by atoms with Gasteiger partial charge in [0.25, 0.3) is 10.0 Å². The summed E-state index contributed by atoms with van der Waals surface area (Å²) in [6.07, 6.45) is 0. The number of H-pyrrole nitrogens is 1. The first-order chi connectivity index (χ1) is 9.25. The van der Waals surface area contributed by atoms with Crippen molar-refractivity contribution >= 4 is 33.0 Å². The van der Waals surface area contributed by atoms with Gasteiger partial charge in [-0.25, -0.2) is 8.42 Å². The summed E-state index contributed by atoms with van der Waals surface area (Å²) in [5, 5.41) is 6.97. The Morgan fingerprint density at radius 3 is 2.50 bits per heavy atom. The molecule has 0 radical (unpaired) electrons. The first kappa shape index (κ1) is 14.7. The highest BCUT2D eigenvalue weighted by molar-refractivity contribution is 7.92. The number of nitrogen functional groups attached to an aromatic ring is 1. The SMILES string of the molecule is Cc1n[nH]c(C)c1S(=O)(=O)N(C)c1ccc(Cl)c(N)c1. The van der Waals surface area contributed by atoms with Crippen molar-refractivity contribution in [3.05, 3.63) is 34.6 Å². The summed E-state index contributed by atoms with van der Waals surface area (Å²) in [5.41, 5.74) is 7.39. The fourth-order valence-electron chi connectivity index (χ4n) is 1.92. The van der Waals surface area contributed by atoms with Crippen LogP contribution >= 0.6 is 11.6 Å². The van der Waals surface area contributed by atoms with E-state index in [1.807, 2.05) is 0 Å². The van der Waals surface area contributed by atoms with E-state index in [1.165, 1.54) is 13.1 Å². The molecule has 0 saturated heterocycles. The van der Waals surface area contributed by atoms with Gasteiger partial charge in [-0.15, -0.1) is 0 Å². The number of aryl methyl sites for hydroxylation is 2. The molecule has 0 bridgehead atoms. The number of nitrogens with zero attached hydrogens (tertiary/aromatic N) is 2. The number of anilines is 2. The average molecular weight is 315 g/mol. The third-order valence-corrected chi connectivity index (χ3v) is 5.42. The number of nitrogens with one attached hydrogen (secondary N) is 1. The molecule has 0 atom stereocenters. The third-order valence-electron chi connectivity index (χ3n) is 3.02. The number of aromatic nitrogens is 2. The van der Waals surface area contributed by atoms with Crippen LogP contribution in [0.25, 0.3) is 0 Å². The molecule has 3 N–H and O–H groups in total. The summed E-state index contributed by atoms with van der Waals surface area (Å²) in [7, 11) is -2.24. The minimum absolute atomic E-state index is 0.175. The van der Waals surface area contributed by atoms with Gasteiger partial charge >= 0.3 is 0 Å². The number of sulfonamides is 1. The molecule has 0 fully saturated rings. The number of hydrogen-bond acceptors (Lipinski definition) is 4. The van der Waals surface area contributed by atoms with Crippen LogP contribution in [0, 0.1) is 13.8 Å². The van der Waals surface area contributed by atoms with Crippen LogP contribution in [0.3, 0.4) is 0 Å². The second-order valence-electron chi connectivity index (χ2n) is 4.44. The lowest BCUT2D eigenvalue weighted by Gasteiger charge is -2.20. The third kappa shape index (κ3) is 2.34. The quantitative estimate of drug-likeness (QED) is 0.848. The topological polar surface area (TPSA) is 92.1 Å². The van der Waals surface area contributed by atoms with Crippen molar-refractivity contribution in [3.8, 4) is 0 Å². The Kier molecular flexibility index (Phi) is 3.66. The Balaban J connectivity index is 2.52. The zero-order chi connectivity index (χ0) is 15.1. The van der Waals surface area contributed by atoms with Crippen LogP contribution in [0.4, 0.5) is 11.4 Å². The fraction of sp³-hybridized carbons (Fsp3) is 0.250. The second kappa shape index (κ2) is 4.99. The molecule has 2 rings (SSSR count). The zero-order valence-corrected chi connectivity index (χ0v) is 12.9. The molecule has 20 heavy (non-hydrogen) atoms. The lowest BCUT2D eigenvalue weighted by Crippen LogP contribution is -2.27. The first-order valence-corrected chi connectivity index (χ1v) is 7.62. The van der Waals surface area contributed by atoms with Crippen LogP contribution < -0.4 is 10.0 Å². The molecular formula is C12H15ClN4O2S. The highest BCUT2D eigenvalue weighted by atomic mass is 35.5. The van der Waals surface area contributed by atoms with Crippen molar-refractivity contribution in [1.29, 1.82) is 0 Å². The molecular weight excluding hydrogens is 300 g/mol. The predicted octanol–water partition coefficient (Wildman–Crippen LogP) is 2.09. The lowest BCUT2D eigenvalue weighted by molar-refractivity contribution is 0.593. The van der Waals surface area contributed by atoms with Gasteiger partial charge in [-0.1, -0.05) is 11.6 Å². The highest BCUT2D eigenvalue weighted by Gasteiger charge is 2.27. The van der Waals surface area contributed by atoms with Gasteiger partial charge in [-0.3, -0.25) is 9.40 Å². The first-order valence-electron chi connectivity index (χ1n) is 5.80. The molecule has 0 amide bonds. The van der Waals surface area contributed by atoms with Gasteiger partial charge in [0.2, 0.25) is 0 Å². The maximum atomic E-state index is 12.6. The van der Waals surface area contributed by atoms with Gasteiger partial charge in [-0.05, 0) is 32.0 Å². The fourth-order valence-corrected chi connectivity index (χ4v) is 3.56. The molecule has 1 aromatic heterocycles. The molecule has 8 heteroatoms. The average Bonchev–Trinajstić information content (AvgIpc) is 2.72. The highest BCUT2D eigenvalue weighted by Crippen LogP contribution is 2.29. The molecule has 0 aliphatic heterocycles.